The van der Waals surface area contributed by atoms with Gasteiger partial charge in [-0.15, -0.1) is 0 Å². The lowest BCUT2D eigenvalue weighted by molar-refractivity contribution is -0.0497. The Morgan fingerprint density at radius 3 is 2.72 bits per heavy atom. The highest BCUT2D eigenvalue weighted by atomic mass is 32.1. The third-order valence-electron chi connectivity index (χ3n) is 3.32. The van der Waals surface area contributed by atoms with Crippen LogP contribution in [-0.2, 0) is 0 Å². The Morgan fingerprint density at radius 1 is 1.16 bits per heavy atom. The van der Waals surface area contributed by atoms with Gasteiger partial charge in [0.2, 0.25) is 0 Å². The van der Waals surface area contributed by atoms with Gasteiger partial charge in [-0.05, 0) is 42.5 Å². The van der Waals surface area contributed by atoms with E-state index in [0.29, 0.717) is 16.6 Å². The molecule has 0 aliphatic heterocycles. The van der Waals surface area contributed by atoms with Crippen molar-refractivity contribution >= 4 is 34.7 Å². The monoisotopic (exact) mass is 363 g/mol. The Bertz CT molecular complexity index is 1060. The summed E-state index contributed by atoms with van der Waals surface area (Å²) in [5.41, 5.74) is 0.616. The number of aromatic nitrogens is 2. The maximum atomic E-state index is 12.3. The number of fused-ring (bicyclic) bond motifs is 1. The third kappa shape index (κ3) is 3.89. The lowest BCUT2D eigenvalue weighted by Gasteiger charge is -2.09. The summed E-state index contributed by atoms with van der Waals surface area (Å²) in [7, 11) is 0. The van der Waals surface area contributed by atoms with Crippen molar-refractivity contribution in [1.82, 2.24) is 9.97 Å². The summed E-state index contributed by atoms with van der Waals surface area (Å²) in [6.07, 6.45) is 0. The number of nitrogens with one attached hydrogen (secondary N) is 3. The number of H-pyrrole nitrogens is 2. The minimum Gasteiger partial charge on any atom is -0.435 e. The van der Waals surface area contributed by atoms with Gasteiger partial charge in [-0.25, -0.2) is 0 Å². The van der Waals surface area contributed by atoms with Gasteiger partial charge in [0, 0.05) is 17.3 Å². The number of carbonyl (C=O) groups excluding carboxylic acids is 1. The van der Waals surface area contributed by atoms with E-state index in [1.807, 2.05) is 0 Å². The maximum Gasteiger partial charge on any atom is 0.387 e. The second-order valence-electron chi connectivity index (χ2n) is 5.03. The van der Waals surface area contributed by atoms with Gasteiger partial charge < -0.3 is 15.0 Å². The molecule has 0 fully saturated rings. The number of alkyl halides is 2. The van der Waals surface area contributed by atoms with Crippen molar-refractivity contribution in [3.05, 3.63) is 63.2 Å². The highest BCUT2D eigenvalue weighted by Crippen LogP contribution is 2.20. The smallest absolute Gasteiger partial charge is 0.387 e. The van der Waals surface area contributed by atoms with Crippen molar-refractivity contribution in [2.75, 3.05) is 5.32 Å². The molecule has 3 N–H and O–H groups in total. The number of anilines is 1. The lowest BCUT2D eigenvalue weighted by atomic mass is 10.1. The van der Waals surface area contributed by atoms with Crippen molar-refractivity contribution in [2.24, 2.45) is 0 Å². The van der Waals surface area contributed by atoms with Crippen LogP contribution in [0.2, 0.25) is 0 Å². The molecular formula is C16H11F2N3O3S. The Hall–Kier alpha value is -3.07. The molecule has 0 radical (unpaired) electrons. The van der Waals surface area contributed by atoms with Gasteiger partial charge >= 0.3 is 6.61 Å². The molecule has 1 aromatic heterocycles. The number of carbonyl (C=O) groups is 1. The SMILES string of the molecule is O=C(Nc1cccc(OC(F)F)c1)c1ccc2c(=O)[nH]c(=S)[nH]c2c1. The number of hydrogen-bond donors (Lipinski definition) is 3. The summed E-state index contributed by atoms with van der Waals surface area (Å²) < 4.78 is 28.9. The molecule has 3 aromatic rings. The van der Waals surface area contributed by atoms with Gasteiger partial charge in [0.15, 0.2) is 4.77 Å². The fourth-order valence-electron chi connectivity index (χ4n) is 2.26. The average molecular weight is 363 g/mol. The largest absolute Gasteiger partial charge is 0.435 e. The van der Waals surface area contributed by atoms with E-state index >= 15 is 0 Å². The van der Waals surface area contributed by atoms with Crippen LogP contribution in [0.3, 0.4) is 0 Å². The van der Waals surface area contributed by atoms with Crippen molar-refractivity contribution in [1.29, 1.82) is 0 Å². The minimum atomic E-state index is -2.95. The van der Waals surface area contributed by atoms with Crippen LogP contribution in [0.5, 0.6) is 5.75 Å². The molecule has 128 valence electrons. The number of amides is 1. The van der Waals surface area contributed by atoms with Gasteiger partial charge in [-0.2, -0.15) is 8.78 Å². The number of aromatic amines is 2. The van der Waals surface area contributed by atoms with Gasteiger partial charge in [-0.1, -0.05) is 6.07 Å². The summed E-state index contributed by atoms with van der Waals surface area (Å²) in [6, 6.07) is 10.1. The van der Waals surface area contributed by atoms with E-state index in [1.165, 1.54) is 42.5 Å². The van der Waals surface area contributed by atoms with E-state index in [1.54, 1.807) is 0 Å². The van der Waals surface area contributed by atoms with E-state index in [-0.39, 0.29) is 21.6 Å². The fraction of sp³-hybridized carbons (Fsp3) is 0.0625. The van der Waals surface area contributed by atoms with Crippen LogP contribution in [0, 0.1) is 4.77 Å². The molecule has 0 aliphatic rings. The fourth-order valence-corrected chi connectivity index (χ4v) is 2.47. The van der Waals surface area contributed by atoms with Crippen LogP contribution in [0.1, 0.15) is 10.4 Å². The summed E-state index contributed by atoms with van der Waals surface area (Å²) >= 11 is 4.90. The summed E-state index contributed by atoms with van der Waals surface area (Å²) in [5, 5.41) is 2.93. The molecule has 1 heterocycles. The molecule has 0 saturated carbocycles. The molecule has 1 amide bonds. The Morgan fingerprint density at radius 2 is 1.96 bits per heavy atom. The zero-order valence-corrected chi connectivity index (χ0v) is 13.3. The topological polar surface area (TPSA) is 87.0 Å². The molecule has 0 unspecified atom stereocenters. The Balaban J connectivity index is 1.87. The molecule has 0 bridgehead atoms. The van der Waals surface area contributed by atoms with E-state index in [9.17, 15) is 18.4 Å². The molecule has 3 rings (SSSR count). The molecule has 0 atom stereocenters. The van der Waals surface area contributed by atoms with Crippen molar-refractivity contribution in [2.45, 2.75) is 6.61 Å². The predicted molar refractivity (Wildman–Crippen MR) is 90.8 cm³/mol. The Kier molecular flexibility index (Phi) is 4.57. The zero-order chi connectivity index (χ0) is 18.0. The Labute approximate surface area is 144 Å². The molecule has 0 spiro atoms. The summed E-state index contributed by atoms with van der Waals surface area (Å²) in [4.78, 5) is 29.4. The van der Waals surface area contributed by atoms with E-state index in [2.05, 4.69) is 20.0 Å². The number of ether oxygens (including phenoxy) is 1. The number of halogens is 2. The molecule has 0 saturated heterocycles. The zero-order valence-electron chi connectivity index (χ0n) is 12.5. The number of hydrogen-bond acceptors (Lipinski definition) is 4. The highest BCUT2D eigenvalue weighted by molar-refractivity contribution is 7.71. The molecule has 25 heavy (non-hydrogen) atoms. The first-order valence-electron chi connectivity index (χ1n) is 7.05. The maximum absolute atomic E-state index is 12.3. The first kappa shape index (κ1) is 16.8. The number of rotatable bonds is 4. The normalized spacial score (nSPS) is 10.8. The van der Waals surface area contributed by atoms with Crippen LogP contribution >= 0.6 is 12.2 Å². The van der Waals surface area contributed by atoms with Crippen molar-refractivity contribution in [3.63, 3.8) is 0 Å². The first-order chi connectivity index (χ1) is 11.9. The molecule has 6 nitrogen and oxygen atoms in total. The quantitative estimate of drug-likeness (QED) is 0.620. The minimum absolute atomic E-state index is 0.0677. The standard InChI is InChI=1S/C16H11F2N3O3S/c17-15(18)24-10-3-1-2-9(7-10)19-13(22)8-4-5-11-12(6-8)20-16(25)21-14(11)23/h1-7,15H,(H,19,22)(H2,20,21,23,25). The van der Waals surface area contributed by atoms with Crippen LogP contribution in [0.25, 0.3) is 10.9 Å². The van der Waals surface area contributed by atoms with E-state index in [0.717, 1.165) is 0 Å². The van der Waals surface area contributed by atoms with Gasteiger partial charge in [-0.3, -0.25) is 14.6 Å². The van der Waals surface area contributed by atoms with Gasteiger partial charge in [0.25, 0.3) is 11.5 Å². The summed E-state index contributed by atoms with van der Waals surface area (Å²) in [5.74, 6) is -0.544. The van der Waals surface area contributed by atoms with Crippen LogP contribution in [-0.4, -0.2) is 22.5 Å². The second kappa shape index (κ2) is 6.81. The average Bonchev–Trinajstić information content (AvgIpc) is 2.53. The second-order valence-corrected chi connectivity index (χ2v) is 5.44. The molecule has 9 heteroatoms. The van der Waals surface area contributed by atoms with Crippen molar-refractivity contribution in [3.8, 4) is 5.75 Å². The lowest BCUT2D eigenvalue weighted by Crippen LogP contribution is -2.13. The van der Waals surface area contributed by atoms with E-state index < -0.39 is 12.5 Å². The predicted octanol–water partition coefficient (Wildman–Crippen LogP) is 3.44. The molecule has 0 aliphatic carbocycles. The highest BCUT2D eigenvalue weighted by Gasteiger charge is 2.10. The van der Waals surface area contributed by atoms with Crippen LogP contribution in [0.15, 0.2) is 47.3 Å². The third-order valence-corrected chi connectivity index (χ3v) is 3.52. The molecular weight excluding hydrogens is 352 g/mol. The van der Waals surface area contributed by atoms with Gasteiger partial charge in [0.05, 0.1) is 10.9 Å². The van der Waals surface area contributed by atoms with E-state index in [4.69, 9.17) is 12.2 Å². The van der Waals surface area contributed by atoms with Crippen LogP contribution in [0.4, 0.5) is 14.5 Å². The first-order valence-corrected chi connectivity index (χ1v) is 7.46. The van der Waals surface area contributed by atoms with Gasteiger partial charge in [0.1, 0.15) is 5.75 Å². The number of benzene rings is 2. The van der Waals surface area contributed by atoms with Crippen molar-refractivity contribution < 1.29 is 18.3 Å². The summed E-state index contributed by atoms with van der Waals surface area (Å²) in [6.45, 7) is -2.95. The molecule has 2 aromatic carbocycles. The van der Waals surface area contributed by atoms with Crippen LogP contribution < -0.4 is 15.6 Å².